The fraction of sp³-hybridized carbons (Fsp3) is 0.263. The molecule has 0 atom stereocenters. The van der Waals surface area contributed by atoms with Gasteiger partial charge in [-0.3, -0.25) is 9.48 Å². The number of carbonyl (C=O) groups is 1. The van der Waals surface area contributed by atoms with E-state index in [1.807, 2.05) is 0 Å². The van der Waals surface area contributed by atoms with Crippen molar-refractivity contribution in [2.24, 2.45) is 7.05 Å². The van der Waals surface area contributed by atoms with Crippen molar-refractivity contribution in [3.05, 3.63) is 59.7 Å². The van der Waals surface area contributed by atoms with Gasteiger partial charge in [0.1, 0.15) is 29.1 Å². The first-order valence-electron chi connectivity index (χ1n) is 9.11. The van der Waals surface area contributed by atoms with E-state index in [2.05, 4.69) is 20.6 Å². The fourth-order valence-electron chi connectivity index (χ4n) is 3.19. The van der Waals surface area contributed by atoms with E-state index in [1.165, 1.54) is 17.1 Å². The Morgan fingerprint density at radius 2 is 2.03 bits per heavy atom. The van der Waals surface area contributed by atoms with Crippen LogP contribution in [0.4, 0.5) is 29.2 Å². The van der Waals surface area contributed by atoms with Crippen molar-refractivity contribution in [1.29, 1.82) is 0 Å². The Balaban J connectivity index is 1.44. The summed E-state index contributed by atoms with van der Waals surface area (Å²) in [6.07, 6.45) is -2.28. The third kappa shape index (κ3) is 4.42. The smallest absolute Gasteiger partial charge is 0.416 e. The van der Waals surface area contributed by atoms with Gasteiger partial charge in [-0.1, -0.05) is 0 Å². The lowest BCUT2D eigenvalue weighted by Gasteiger charge is -2.40. The number of hydrogen-bond donors (Lipinski definition) is 1. The Hall–Kier alpha value is -3.70. The van der Waals surface area contributed by atoms with Crippen molar-refractivity contribution in [2.45, 2.75) is 12.3 Å². The molecule has 31 heavy (non-hydrogen) atoms. The molecule has 2 aromatic heterocycles. The Morgan fingerprint density at radius 3 is 2.71 bits per heavy atom. The number of halogens is 4. The molecular formula is C19H16F4N6O2. The van der Waals surface area contributed by atoms with Crippen LogP contribution < -0.4 is 15.0 Å². The van der Waals surface area contributed by atoms with E-state index in [1.54, 1.807) is 24.1 Å². The van der Waals surface area contributed by atoms with Gasteiger partial charge in [0.25, 0.3) is 5.91 Å². The van der Waals surface area contributed by atoms with Crippen LogP contribution in [0.1, 0.15) is 15.9 Å². The third-order valence-electron chi connectivity index (χ3n) is 4.61. The summed E-state index contributed by atoms with van der Waals surface area (Å²) in [6.45, 7) is 0.561. The molecule has 1 amide bonds. The number of nitrogens with one attached hydrogen (secondary N) is 1. The van der Waals surface area contributed by atoms with Crippen molar-refractivity contribution < 1.29 is 27.1 Å². The summed E-state index contributed by atoms with van der Waals surface area (Å²) in [6, 6.07) is 5.29. The van der Waals surface area contributed by atoms with Gasteiger partial charge in [-0.25, -0.2) is 4.39 Å². The molecule has 0 saturated carbocycles. The number of alkyl halides is 3. The molecule has 1 N–H and O–H groups in total. The van der Waals surface area contributed by atoms with E-state index in [4.69, 9.17) is 4.74 Å². The highest BCUT2D eigenvalue weighted by molar-refractivity contribution is 6.07. The first kappa shape index (κ1) is 20.6. The van der Waals surface area contributed by atoms with Gasteiger partial charge in [-0.2, -0.15) is 23.4 Å². The van der Waals surface area contributed by atoms with Gasteiger partial charge in [0.05, 0.1) is 24.8 Å². The van der Waals surface area contributed by atoms with E-state index >= 15 is 0 Å². The first-order valence-corrected chi connectivity index (χ1v) is 9.11. The number of rotatable bonds is 5. The standard InChI is InChI=1S/C19H16F4N6O2/c1-28-18(15(8-25-28)17(30)26-16-3-2-4-24-27-16)29-9-14(10-29)31-13-6-11(19(21,22)23)5-12(20)7-13/h2-8,14H,9-10H2,1H3,(H,26,27,30). The van der Waals surface area contributed by atoms with Gasteiger partial charge < -0.3 is 15.0 Å². The highest BCUT2D eigenvalue weighted by Gasteiger charge is 2.35. The second-order valence-corrected chi connectivity index (χ2v) is 6.89. The molecule has 1 aliphatic rings. The summed E-state index contributed by atoms with van der Waals surface area (Å²) in [7, 11) is 1.66. The molecule has 1 aromatic carbocycles. The van der Waals surface area contributed by atoms with Crippen LogP contribution in [0.25, 0.3) is 0 Å². The Bertz CT molecular complexity index is 1100. The third-order valence-corrected chi connectivity index (χ3v) is 4.61. The van der Waals surface area contributed by atoms with Gasteiger partial charge in [-0.05, 0) is 24.3 Å². The molecule has 1 saturated heterocycles. The lowest BCUT2D eigenvalue weighted by atomic mass is 10.1. The first-order chi connectivity index (χ1) is 14.7. The minimum Gasteiger partial charge on any atom is -0.487 e. The monoisotopic (exact) mass is 436 g/mol. The normalized spacial score (nSPS) is 14.3. The second-order valence-electron chi connectivity index (χ2n) is 6.89. The molecule has 0 spiro atoms. The predicted octanol–water partition coefficient (Wildman–Crippen LogP) is 2.89. The van der Waals surface area contributed by atoms with Crippen LogP contribution >= 0.6 is 0 Å². The Morgan fingerprint density at radius 1 is 1.26 bits per heavy atom. The second kappa shape index (κ2) is 7.85. The van der Waals surface area contributed by atoms with Crippen LogP contribution in [0.5, 0.6) is 5.75 Å². The van der Waals surface area contributed by atoms with E-state index in [9.17, 15) is 22.4 Å². The largest absolute Gasteiger partial charge is 0.487 e. The summed E-state index contributed by atoms with van der Waals surface area (Å²) in [5.74, 6) is -0.888. The highest BCUT2D eigenvalue weighted by atomic mass is 19.4. The van der Waals surface area contributed by atoms with Crippen molar-refractivity contribution in [3.63, 3.8) is 0 Å². The van der Waals surface area contributed by atoms with Crippen molar-refractivity contribution in [3.8, 4) is 5.75 Å². The molecule has 1 fully saturated rings. The van der Waals surface area contributed by atoms with E-state index in [0.717, 1.165) is 12.1 Å². The summed E-state index contributed by atoms with van der Waals surface area (Å²) in [5, 5.41) is 14.2. The van der Waals surface area contributed by atoms with Gasteiger partial charge in [0.2, 0.25) is 0 Å². The topological polar surface area (TPSA) is 85.2 Å². The number of carbonyl (C=O) groups excluding carboxylic acids is 1. The Kier molecular flexibility index (Phi) is 5.21. The van der Waals surface area contributed by atoms with E-state index in [-0.39, 0.29) is 30.2 Å². The van der Waals surface area contributed by atoms with Gasteiger partial charge in [0, 0.05) is 19.3 Å². The predicted molar refractivity (Wildman–Crippen MR) is 101 cm³/mol. The van der Waals surface area contributed by atoms with Crippen LogP contribution in [0.15, 0.2) is 42.7 Å². The number of anilines is 2. The molecule has 12 heteroatoms. The minimum atomic E-state index is -4.67. The molecule has 0 aliphatic carbocycles. The van der Waals surface area contributed by atoms with E-state index < -0.39 is 29.6 Å². The Labute approximate surface area is 173 Å². The molecule has 162 valence electrons. The molecule has 0 unspecified atom stereocenters. The van der Waals surface area contributed by atoms with E-state index in [0.29, 0.717) is 11.9 Å². The summed E-state index contributed by atoms with van der Waals surface area (Å²) < 4.78 is 59.1. The number of benzene rings is 1. The summed E-state index contributed by atoms with van der Waals surface area (Å²) in [4.78, 5) is 14.4. The van der Waals surface area contributed by atoms with Crippen LogP contribution in [-0.4, -0.2) is 45.1 Å². The fourth-order valence-corrected chi connectivity index (χ4v) is 3.19. The number of aromatic nitrogens is 4. The zero-order valence-electron chi connectivity index (χ0n) is 16.1. The highest BCUT2D eigenvalue weighted by Crippen LogP contribution is 2.34. The lowest BCUT2D eigenvalue weighted by Crippen LogP contribution is -2.55. The zero-order chi connectivity index (χ0) is 22.2. The summed E-state index contributed by atoms with van der Waals surface area (Å²) in [5.41, 5.74) is -0.829. The number of aryl methyl sites for hydroxylation is 1. The average Bonchev–Trinajstić information content (AvgIpc) is 3.05. The number of nitrogens with zero attached hydrogens (tertiary/aromatic N) is 5. The van der Waals surface area contributed by atoms with Crippen LogP contribution in [0.2, 0.25) is 0 Å². The average molecular weight is 436 g/mol. The van der Waals surface area contributed by atoms with Crippen molar-refractivity contribution >= 4 is 17.5 Å². The van der Waals surface area contributed by atoms with Crippen LogP contribution in [0, 0.1) is 5.82 Å². The van der Waals surface area contributed by atoms with Crippen LogP contribution in [0.3, 0.4) is 0 Å². The number of ether oxygens (including phenoxy) is 1. The maximum atomic E-state index is 13.5. The molecule has 1 aliphatic heterocycles. The zero-order valence-corrected chi connectivity index (χ0v) is 16.1. The quantitative estimate of drug-likeness (QED) is 0.620. The summed E-state index contributed by atoms with van der Waals surface area (Å²) >= 11 is 0. The number of amides is 1. The molecule has 3 aromatic rings. The molecule has 0 bridgehead atoms. The van der Waals surface area contributed by atoms with Crippen LogP contribution in [-0.2, 0) is 13.2 Å². The van der Waals surface area contributed by atoms with Crippen molar-refractivity contribution in [2.75, 3.05) is 23.3 Å². The molecule has 0 radical (unpaired) electrons. The maximum Gasteiger partial charge on any atom is 0.416 e. The van der Waals surface area contributed by atoms with Crippen molar-refractivity contribution in [1.82, 2.24) is 20.0 Å². The lowest BCUT2D eigenvalue weighted by molar-refractivity contribution is -0.137. The number of hydrogen-bond acceptors (Lipinski definition) is 6. The molecule has 3 heterocycles. The molecule has 4 rings (SSSR count). The van der Waals surface area contributed by atoms with Gasteiger partial charge >= 0.3 is 6.18 Å². The SMILES string of the molecule is Cn1ncc(C(=O)Nc2cccnn2)c1N1CC(Oc2cc(F)cc(C(F)(F)F)c2)C1. The molecule has 8 nitrogen and oxygen atoms in total. The molecular weight excluding hydrogens is 420 g/mol. The van der Waals surface area contributed by atoms with Gasteiger partial charge in [-0.15, -0.1) is 5.10 Å². The van der Waals surface area contributed by atoms with Gasteiger partial charge in [0.15, 0.2) is 5.82 Å². The minimum absolute atomic E-state index is 0.206. The maximum absolute atomic E-state index is 13.5.